The average Bonchev–Trinajstić information content (AvgIpc) is 2.42. The maximum Gasteiger partial charge on any atom is 0.488 e. The van der Waals surface area contributed by atoms with E-state index in [1.165, 1.54) is 18.2 Å². The highest BCUT2D eigenvalue weighted by atomic mass is 79.9. The molecule has 106 valence electrons. The Hall–Kier alpha value is -1.64. The minimum absolute atomic E-state index is 0.273. The Labute approximate surface area is 125 Å². The lowest BCUT2D eigenvalue weighted by atomic mass is 9.80. The number of nitrogens with one attached hydrogen (secondary N) is 2. The molecule has 20 heavy (non-hydrogen) atoms. The first kappa shape index (κ1) is 16.4. The summed E-state index contributed by atoms with van der Waals surface area (Å²) in [5.74, 6) is -0.634. The molecule has 0 aliphatic rings. The summed E-state index contributed by atoms with van der Waals surface area (Å²) in [7, 11) is -1.59. The zero-order valence-corrected chi connectivity index (χ0v) is 12.2. The van der Waals surface area contributed by atoms with Crippen LogP contribution in [0, 0.1) is 0 Å². The van der Waals surface area contributed by atoms with Crippen molar-refractivity contribution in [2.45, 2.75) is 0 Å². The van der Waals surface area contributed by atoms with Crippen molar-refractivity contribution in [3.05, 3.63) is 40.9 Å². The van der Waals surface area contributed by atoms with Gasteiger partial charge in [0.05, 0.1) is 5.56 Å². The molecule has 0 bridgehead atoms. The fourth-order valence-electron chi connectivity index (χ4n) is 1.41. The number of rotatable bonds is 6. The summed E-state index contributed by atoms with van der Waals surface area (Å²) in [6.45, 7) is 3.88. The number of halogens is 1. The van der Waals surface area contributed by atoms with Gasteiger partial charge in [0.25, 0.3) is 5.91 Å². The van der Waals surface area contributed by atoms with Crippen LogP contribution in [0.25, 0.3) is 0 Å². The zero-order valence-electron chi connectivity index (χ0n) is 10.6. The summed E-state index contributed by atoms with van der Waals surface area (Å²) in [6.07, 6.45) is 1.15. The number of carbonyl (C=O) groups is 2. The third-order valence-electron chi connectivity index (χ3n) is 2.43. The maximum absolute atomic E-state index is 11.9. The van der Waals surface area contributed by atoms with Crippen molar-refractivity contribution < 1.29 is 19.6 Å². The van der Waals surface area contributed by atoms with Crippen LogP contribution in [0.5, 0.6) is 0 Å². The van der Waals surface area contributed by atoms with Crippen LogP contribution in [0.1, 0.15) is 10.4 Å². The van der Waals surface area contributed by atoms with Gasteiger partial charge in [-0.1, -0.05) is 12.6 Å². The molecule has 8 heteroatoms. The molecule has 6 nitrogen and oxygen atoms in total. The third kappa shape index (κ3) is 4.80. The van der Waals surface area contributed by atoms with Crippen molar-refractivity contribution >= 4 is 40.3 Å². The van der Waals surface area contributed by atoms with Crippen LogP contribution >= 0.6 is 15.9 Å². The van der Waals surface area contributed by atoms with Gasteiger partial charge >= 0.3 is 7.12 Å². The van der Waals surface area contributed by atoms with Crippen molar-refractivity contribution in [2.24, 2.45) is 0 Å². The van der Waals surface area contributed by atoms with Crippen molar-refractivity contribution in [3.63, 3.8) is 0 Å². The number of carbonyl (C=O) groups excluding carboxylic acids is 2. The van der Waals surface area contributed by atoms with Gasteiger partial charge in [0.2, 0.25) is 5.91 Å². The lowest BCUT2D eigenvalue weighted by Gasteiger charge is -2.08. The number of hydrogen-bond donors (Lipinski definition) is 4. The Kier molecular flexibility index (Phi) is 6.43. The molecule has 0 unspecified atom stereocenters. The van der Waals surface area contributed by atoms with E-state index in [1.807, 2.05) is 0 Å². The lowest BCUT2D eigenvalue weighted by molar-refractivity contribution is -0.116. The number of benzene rings is 1. The third-order valence-corrected chi connectivity index (χ3v) is 3.09. The van der Waals surface area contributed by atoms with E-state index in [4.69, 9.17) is 10.0 Å². The standard InChI is InChI=1S/C12H14BBrN2O4/c1-2-11(17)15-5-6-16-12(18)9-4-3-8(13(19)20)7-10(9)14/h2-4,7,19-20H,1,5-6H2,(H,15,17)(H,16,18). The van der Waals surface area contributed by atoms with Crippen LogP contribution in [0.3, 0.4) is 0 Å². The van der Waals surface area contributed by atoms with Crippen LogP contribution in [0.2, 0.25) is 0 Å². The summed E-state index contributed by atoms with van der Waals surface area (Å²) < 4.78 is 0.454. The van der Waals surface area contributed by atoms with E-state index in [1.54, 1.807) is 0 Å². The molecule has 0 heterocycles. The van der Waals surface area contributed by atoms with Crippen LogP contribution in [-0.2, 0) is 4.79 Å². The molecule has 0 atom stereocenters. The average molecular weight is 341 g/mol. The fourth-order valence-corrected chi connectivity index (χ4v) is 1.98. The summed E-state index contributed by atoms with van der Waals surface area (Å²) in [5, 5.41) is 23.2. The molecule has 0 aliphatic carbocycles. The van der Waals surface area contributed by atoms with E-state index < -0.39 is 7.12 Å². The van der Waals surface area contributed by atoms with Crippen molar-refractivity contribution in [3.8, 4) is 0 Å². The molecule has 1 aromatic carbocycles. The minimum Gasteiger partial charge on any atom is -0.423 e. The molecular formula is C12H14BBrN2O4. The van der Waals surface area contributed by atoms with Gasteiger partial charge in [-0.05, 0) is 39.6 Å². The summed E-state index contributed by atoms with van der Waals surface area (Å²) in [5.41, 5.74) is 0.649. The smallest absolute Gasteiger partial charge is 0.423 e. The van der Waals surface area contributed by atoms with Crippen molar-refractivity contribution in [1.82, 2.24) is 10.6 Å². The predicted octanol–water partition coefficient (Wildman–Crippen LogP) is -0.839. The SMILES string of the molecule is C=CC(=O)NCCNC(=O)c1ccc(B(O)O)cc1Br. The normalized spacial score (nSPS) is 9.75. The Balaban J connectivity index is 2.55. The van der Waals surface area contributed by atoms with E-state index >= 15 is 0 Å². The number of amides is 2. The van der Waals surface area contributed by atoms with Crippen LogP contribution in [-0.4, -0.2) is 42.1 Å². The van der Waals surface area contributed by atoms with Crippen molar-refractivity contribution in [2.75, 3.05) is 13.1 Å². The molecule has 1 rings (SSSR count). The molecule has 0 fully saturated rings. The maximum atomic E-state index is 11.9. The highest BCUT2D eigenvalue weighted by Crippen LogP contribution is 2.14. The minimum atomic E-state index is -1.59. The van der Waals surface area contributed by atoms with E-state index in [9.17, 15) is 9.59 Å². The molecule has 0 spiro atoms. The van der Waals surface area contributed by atoms with Crippen LogP contribution in [0.4, 0.5) is 0 Å². The second-order valence-corrected chi connectivity index (χ2v) is 4.72. The molecule has 2 amide bonds. The van der Waals surface area contributed by atoms with Gasteiger partial charge in [-0.3, -0.25) is 9.59 Å². The molecular weight excluding hydrogens is 327 g/mol. The highest BCUT2D eigenvalue weighted by Gasteiger charge is 2.15. The van der Waals surface area contributed by atoms with E-state index in [-0.39, 0.29) is 23.8 Å². The monoisotopic (exact) mass is 340 g/mol. The van der Waals surface area contributed by atoms with Crippen LogP contribution in [0.15, 0.2) is 35.3 Å². The van der Waals surface area contributed by atoms with Crippen molar-refractivity contribution in [1.29, 1.82) is 0 Å². The van der Waals surface area contributed by atoms with E-state index in [2.05, 4.69) is 33.1 Å². The van der Waals surface area contributed by atoms with Gasteiger partial charge in [0.1, 0.15) is 0 Å². The summed E-state index contributed by atoms with van der Waals surface area (Å²) in [6, 6.07) is 4.39. The summed E-state index contributed by atoms with van der Waals surface area (Å²) in [4.78, 5) is 22.7. The zero-order chi connectivity index (χ0) is 15.1. The van der Waals surface area contributed by atoms with E-state index in [0.717, 1.165) is 6.08 Å². The van der Waals surface area contributed by atoms with Gasteiger partial charge in [0.15, 0.2) is 0 Å². The predicted molar refractivity (Wildman–Crippen MR) is 79.5 cm³/mol. The fraction of sp³-hybridized carbons (Fsp3) is 0.167. The highest BCUT2D eigenvalue weighted by molar-refractivity contribution is 9.10. The second-order valence-electron chi connectivity index (χ2n) is 3.86. The first-order valence-electron chi connectivity index (χ1n) is 5.79. The molecule has 4 N–H and O–H groups in total. The van der Waals surface area contributed by atoms with Gasteiger partial charge in [0, 0.05) is 17.6 Å². The first-order chi connectivity index (χ1) is 9.45. The Morgan fingerprint density at radius 1 is 1.30 bits per heavy atom. The van der Waals surface area contributed by atoms with Gasteiger partial charge in [-0.2, -0.15) is 0 Å². The second kappa shape index (κ2) is 7.83. The molecule has 1 aromatic rings. The first-order valence-corrected chi connectivity index (χ1v) is 6.59. The van der Waals surface area contributed by atoms with Gasteiger partial charge in [-0.25, -0.2) is 0 Å². The number of hydrogen-bond acceptors (Lipinski definition) is 4. The molecule has 0 saturated heterocycles. The molecule has 0 radical (unpaired) electrons. The largest absolute Gasteiger partial charge is 0.488 e. The molecule has 0 aromatic heterocycles. The lowest BCUT2D eigenvalue weighted by Crippen LogP contribution is -2.34. The van der Waals surface area contributed by atoms with E-state index in [0.29, 0.717) is 16.6 Å². The van der Waals surface area contributed by atoms with Gasteiger partial charge < -0.3 is 20.7 Å². The van der Waals surface area contributed by atoms with Gasteiger partial charge in [-0.15, -0.1) is 0 Å². The Bertz CT molecular complexity index is 522. The summed E-state index contributed by atoms with van der Waals surface area (Å²) >= 11 is 3.19. The topological polar surface area (TPSA) is 98.7 Å². The Morgan fingerprint density at radius 3 is 2.50 bits per heavy atom. The van der Waals surface area contributed by atoms with Crippen LogP contribution < -0.4 is 16.1 Å². The quantitative estimate of drug-likeness (QED) is 0.308. The molecule has 0 saturated carbocycles. The molecule has 0 aliphatic heterocycles. The Morgan fingerprint density at radius 2 is 1.95 bits per heavy atom.